The minimum atomic E-state index is 0. The lowest BCUT2D eigenvalue weighted by molar-refractivity contribution is 0.0602. The average Bonchev–Trinajstić information content (AvgIpc) is 2.91. The van der Waals surface area contributed by atoms with Gasteiger partial charge in [-0.05, 0) is 39.0 Å². The third kappa shape index (κ3) is 3.50. The van der Waals surface area contributed by atoms with Crippen LogP contribution >= 0.6 is 28.3 Å². The topological polar surface area (TPSA) is 50.2 Å². The fraction of sp³-hybridized carbons (Fsp3) is 0.412. The monoisotopic (exact) mass is 412 g/mol. The summed E-state index contributed by atoms with van der Waals surface area (Å²) in [5.74, 6) is 0.0598. The number of nitrogens with zero attached hydrogens (tertiary/aromatic N) is 3. The van der Waals surface area contributed by atoms with Gasteiger partial charge >= 0.3 is 0 Å². The molecule has 24 heavy (non-hydrogen) atoms. The van der Waals surface area contributed by atoms with Crippen LogP contribution in [0.4, 0.5) is 0 Å². The van der Waals surface area contributed by atoms with Gasteiger partial charge in [-0.2, -0.15) is 5.10 Å². The van der Waals surface area contributed by atoms with E-state index in [1.807, 2.05) is 40.8 Å². The molecule has 2 unspecified atom stereocenters. The molecule has 5 nitrogen and oxygen atoms in total. The first-order valence-corrected chi connectivity index (χ1v) is 8.63. The van der Waals surface area contributed by atoms with E-state index in [9.17, 15) is 4.79 Å². The van der Waals surface area contributed by atoms with E-state index in [4.69, 9.17) is 0 Å². The van der Waals surface area contributed by atoms with Crippen molar-refractivity contribution in [2.24, 2.45) is 0 Å². The molecule has 0 spiro atoms. The van der Waals surface area contributed by atoms with Crippen molar-refractivity contribution in [3.8, 4) is 5.69 Å². The van der Waals surface area contributed by atoms with Gasteiger partial charge in [0, 0.05) is 29.6 Å². The number of hydrogen-bond acceptors (Lipinski definition) is 3. The summed E-state index contributed by atoms with van der Waals surface area (Å²) in [5, 5.41) is 7.82. The van der Waals surface area contributed by atoms with Crippen LogP contribution in [0.2, 0.25) is 0 Å². The molecule has 3 rings (SSSR count). The van der Waals surface area contributed by atoms with Crippen molar-refractivity contribution >= 4 is 34.2 Å². The van der Waals surface area contributed by atoms with Crippen LogP contribution in [-0.2, 0) is 0 Å². The second-order valence-corrected chi connectivity index (χ2v) is 6.93. The van der Waals surface area contributed by atoms with Gasteiger partial charge in [-0.15, -0.1) is 12.4 Å². The zero-order valence-corrected chi connectivity index (χ0v) is 16.4. The highest BCUT2D eigenvalue weighted by Crippen LogP contribution is 2.21. The number of piperazine rings is 1. The zero-order chi connectivity index (χ0) is 16.6. The first kappa shape index (κ1) is 19.0. The summed E-state index contributed by atoms with van der Waals surface area (Å²) >= 11 is 3.47. The number of aromatic nitrogens is 2. The molecule has 1 aromatic heterocycles. The lowest BCUT2D eigenvalue weighted by Gasteiger charge is -2.38. The van der Waals surface area contributed by atoms with Crippen molar-refractivity contribution in [3.05, 3.63) is 46.2 Å². The Hall–Kier alpha value is -1.37. The lowest BCUT2D eigenvalue weighted by Crippen LogP contribution is -2.57. The molecule has 1 fully saturated rings. The van der Waals surface area contributed by atoms with E-state index in [0.717, 1.165) is 28.9 Å². The Morgan fingerprint density at radius 2 is 2.12 bits per heavy atom. The normalized spacial score (nSPS) is 20.6. The maximum atomic E-state index is 12.9. The van der Waals surface area contributed by atoms with Gasteiger partial charge in [0.1, 0.15) is 0 Å². The number of amides is 1. The lowest BCUT2D eigenvalue weighted by atomic mass is 10.1. The van der Waals surface area contributed by atoms with Gasteiger partial charge in [-0.1, -0.05) is 22.0 Å². The number of nitrogens with one attached hydrogen (secondary N) is 1. The summed E-state index contributed by atoms with van der Waals surface area (Å²) in [7, 11) is 0. The first-order chi connectivity index (χ1) is 11.0. The largest absolute Gasteiger partial charge is 0.333 e. The fourth-order valence-electron chi connectivity index (χ4n) is 2.99. The van der Waals surface area contributed by atoms with Gasteiger partial charge in [0.05, 0.1) is 23.1 Å². The van der Waals surface area contributed by atoms with Gasteiger partial charge in [-0.25, -0.2) is 4.68 Å². The van der Waals surface area contributed by atoms with Crippen LogP contribution in [0.25, 0.3) is 5.69 Å². The molecule has 1 saturated heterocycles. The molecule has 130 valence electrons. The van der Waals surface area contributed by atoms with Crippen LogP contribution in [0.3, 0.4) is 0 Å². The van der Waals surface area contributed by atoms with E-state index in [2.05, 4.69) is 40.2 Å². The van der Waals surface area contributed by atoms with Gasteiger partial charge in [-0.3, -0.25) is 4.79 Å². The van der Waals surface area contributed by atoms with Gasteiger partial charge in [0.25, 0.3) is 5.91 Å². The van der Waals surface area contributed by atoms with Gasteiger partial charge < -0.3 is 10.2 Å². The average molecular weight is 414 g/mol. The van der Waals surface area contributed by atoms with E-state index in [1.165, 1.54) is 0 Å². The molecular formula is C17H22BrClN4O. The quantitative estimate of drug-likeness (QED) is 0.822. The van der Waals surface area contributed by atoms with E-state index < -0.39 is 0 Å². The number of benzene rings is 1. The summed E-state index contributed by atoms with van der Waals surface area (Å²) in [6.45, 7) is 7.70. The molecule has 2 heterocycles. The second-order valence-electron chi connectivity index (χ2n) is 6.02. The van der Waals surface area contributed by atoms with Crippen LogP contribution in [-0.4, -0.2) is 45.8 Å². The van der Waals surface area contributed by atoms with Crippen LogP contribution in [0.5, 0.6) is 0 Å². The molecule has 1 aromatic carbocycles. The Morgan fingerprint density at radius 3 is 2.83 bits per heavy atom. The number of carbonyl (C=O) groups is 1. The van der Waals surface area contributed by atoms with Crippen LogP contribution < -0.4 is 5.32 Å². The molecule has 1 aliphatic heterocycles. The molecule has 2 aromatic rings. The molecule has 2 atom stereocenters. The van der Waals surface area contributed by atoms with Crippen molar-refractivity contribution in [1.82, 2.24) is 20.0 Å². The van der Waals surface area contributed by atoms with E-state index in [1.54, 1.807) is 6.20 Å². The summed E-state index contributed by atoms with van der Waals surface area (Å²) in [4.78, 5) is 14.9. The molecular weight excluding hydrogens is 392 g/mol. The molecule has 0 saturated carbocycles. The molecule has 1 amide bonds. The third-order valence-corrected chi connectivity index (χ3v) is 5.08. The van der Waals surface area contributed by atoms with Crippen molar-refractivity contribution in [2.75, 3.05) is 13.1 Å². The first-order valence-electron chi connectivity index (χ1n) is 7.84. The Balaban J connectivity index is 0.00000208. The summed E-state index contributed by atoms with van der Waals surface area (Å²) < 4.78 is 2.80. The van der Waals surface area contributed by atoms with Crippen LogP contribution in [0.1, 0.15) is 29.9 Å². The standard InChI is InChI=1S/C17H21BrN4O.ClH/c1-11-12(2)21(8-7-19-11)17(23)16-10-20-22(13(16)3)15-6-4-5-14(18)9-15;/h4-6,9-12,19H,7-8H2,1-3H3;1H. The number of carbonyl (C=O) groups excluding carboxylic acids is 1. The number of halogens is 2. The van der Waals surface area contributed by atoms with Gasteiger partial charge in [0.2, 0.25) is 0 Å². The van der Waals surface area contributed by atoms with Crippen LogP contribution in [0.15, 0.2) is 34.9 Å². The minimum Gasteiger partial charge on any atom is -0.333 e. The molecule has 1 aliphatic rings. The Labute approximate surface area is 157 Å². The molecule has 0 radical (unpaired) electrons. The maximum Gasteiger partial charge on any atom is 0.257 e. The highest BCUT2D eigenvalue weighted by Gasteiger charge is 2.30. The van der Waals surface area contributed by atoms with E-state index >= 15 is 0 Å². The summed E-state index contributed by atoms with van der Waals surface area (Å²) in [6, 6.07) is 8.37. The van der Waals surface area contributed by atoms with E-state index in [0.29, 0.717) is 11.6 Å². The Kier molecular flexibility index (Phi) is 6.06. The Bertz CT molecular complexity index is 733. The minimum absolute atomic E-state index is 0. The molecule has 7 heteroatoms. The zero-order valence-electron chi connectivity index (χ0n) is 14.0. The third-order valence-electron chi connectivity index (χ3n) is 4.59. The predicted octanol–water partition coefficient (Wildman–Crippen LogP) is 3.19. The Morgan fingerprint density at radius 1 is 1.38 bits per heavy atom. The molecule has 0 aliphatic carbocycles. The van der Waals surface area contributed by atoms with Crippen molar-refractivity contribution in [2.45, 2.75) is 32.9 Å². The number of hydrogen-bond donors (Lipinski definition) is 1. The highest BCUT2D eigenvalue weighted by molar-refractivity contribution is 9.10. The smallest absolute Gasteiger partial charge is 0.257 e. The van der Waals surface area contributed by atoms with Gasteiger partial charge in [0.15, 0.2) is 0 Å². The molecule has 0 bridgehead atoms. The summed E-state index contributed by atoms with van der Waals surface area (Å²) in [6.07, 6.45) is 1.68. The van der Waals surface area contributed by atoms with Crippen LogP contribution in [0, 0.1) is 6.92 Å². The van der Waals surface area contributed by atoms with Crippen molar-refractivity contribution < 1.29 is 4.79 Å². The second kappa shape index (κ2) is 7.68. The van der Waals surface area contributed by atoms with Crippen molar-refractivity contribution in [3.63, 3.8) is 0 Å². The number of rotatable bonds is 2. The van der Waals surface area contributed by atoms with E-state index in [-0.39, 0.29) is 24.4 Å². The maximum absolute atomic E-state index is 12.9. The van der Waals surface area contributed by atoms with Crippen molar-refractivity contribution in [1.29, 1.82) is 0 Å². The molecule has 1 N–H and O–H groups in total. The fourth-order valence-corrected chi connectivity index (χ4v) is 3.37. The SMILES string of the molecule is Cc1c(C(=O)N2CCNC(C)C2C)cnn1-c1cccc(Br)c1.Cl. The highest BCUT2D eigenvalue weighted by atomic mass is 79.9. The summed E-state index contributed by atoms with van der Waals surface area (Å²) in [5.41, 5.74) is 2.48. The predicted molar refractivity (Wildman–Crippen MR) is 101 cm³/mol.